The summed E-state index contributed by atoms with van der Waals surface area (Å²) in [7, 11) is 0. The molecule has 2 unspecified atom stereocenters. The van der Waals surface area contributed by atoms with E-state index >= 15 is 0 Å². The van der Waals surface area contributed by atoms with Gasteiger partial charge in [0.25, 0.3) is 0 Å². The Morgan fingerprint density at radius 1 is 1.23 bits per heavy atom. The minimum atomic E-state index is -1.11. The quantitative estimate of drug-likeness (QED) is 0.542. The van der Waals surface area contributed by atoms with Gasteiger partial charge in [0.2, 0.25) is 6.29 Å². The lowest BCUT2D eigenvalue weighted by Crippen LogP contribution is -2.28. The second-order valence-corrected chi connectivity index (χ2v) is 6.89. The molecular weight excluding hydrogens is 336 g/mol. The van der Waals surface area contributed by atoms with Gasteiger partial charge in [-0.1, -0.05) is 37.6 Å². The Hall–Kier alpha value is -1.63. The third kappa shape index (κ3) is 5.97. The van der Waals surface area contributed by atoms with E-state index in [1.165, 1.54) is 12.5 Å². The largest absolute Gasteiger partial charge is 0.510 e. The molecular formula is C20H30O6. The standard InChI is InChI=1S/C20H30O6/c1-4-24-20(23)26-14(3)25-19(22)13(2)16-10-8-15(9-11-16)12-17-6-5-7-18(17)21/h8-11,13-14,17-19,21-22H,4-7,12H2,1-3H3/t13-,14?,17+,18-,19?/m0/s1. The summed E-state index contributed by atoms with van der Waals surface area (Å²) >= 11 is 0. The highest BCUT2D eigenvalue weighted by molar-refractivity contribution is 5.59. The molecule has 2 N–H and O–H groups in total. The van der Waals surface area contributed by atoms with Crippen LogP contribution in [0.25, 0.3) is 0 Å². The van der Waals surface area contributed by atoms with Crippen molar-refractivity contribution in [1.82, 2.24) is 0 Å². The lowest BCUT2D eigenvalue weighted by atomic mass is 9.93. The molecule has 26 heavy (non-hydrogen) atoms. The number of hydrogen-bond acceptors (Lipinski definition) is 6. The number of carbonyl (C=O) groups is 1. The molecule has 0 aliphatic heterocycles. The van der Waals surface area contributed by atoms with E-state index in [2.05, 4.69) is 4.74 Å². The molecule has 0 saturated heterocycles. The number of rotatable bonds is 8. The van der Waals surface area contributed by atoms with Gasteiger partial charge in [0.05, 0.1) is 12.7 Å². The predicted molar refractivity (Wildman–Crippen MR) is 96.6 cm³/mol. The summed E-state index contributed by atoms with van der Waals surface area (Å²) in [5.41, 5.74) is 2.11. The van der Waals surface area contributed by atoms with Crippen LogP contribution in [0.15, 0.2) is 24.3 Å². The van der Waals surface area contributed by atoms with Crippen LogP contribution in [0.2, 0.25) is 0 Å². The second-order valence-electron chi connectivity index (χ2n) is 6.89. The van der Waals surface area contributed by atoms with Crippen LogP contribution in [0, 0.1) is 5.92 Å². The second kappa shape index (κ2) is 9.90. The maximum atomic E-state index is 11.3. The van der Waals surface area contributed by atoms with Crippen molar-refractivity contribution in [2.75, 3.05) is 6.61 Å². The molecule has 6 heteroatoms. The van der Waals surface area contributed by atoms with Gasteiger partial charge in [-0.3, -0.25) is 0 Å². The molecule has 0 aromatic heterocycles. The Bertz CT molecular complexity index is 558. The summed E-state index contributed by atoms with van der Waals surface area (Å²) < 4.78 is 14.9. The van der Waals surface area contributed by atoms with Crippen molar-refractivity contribution in [2.24, 2.45) is 5.92 Å². The minimum absolute atomic E-state index is 0.190. The maximum Gasteiger partial charge on any atom is 0.510 e. The third-order valence-corrected chi connectivity index (χ3v) is 4.91. The first-order valence-corrected chi connectivity index (χ1v) is 9.34. The van der Waals surface area contributed by atoms with Gasteiger partial charge in [-0.15, -0.1) is 0 Å². The molecule has 146 valence electrons. The van der Waals surface area contributed by atoms with Crippen molar-refractivity contribution in [1.29, 1.82) is 0 Å². The summed E-state index contributed by atoms with van der Waals surface area (Å²) in [6, 6.07) is 7.99. The van der Waals surface area contributed by atoms with E-state index in [4.69, 9.17) is 9.47 Å². The molecule has 1 fully saturated rings. The zero-order valence-electron chi connectivity index (χ0n) is 15.8. The fourth-order valence-corrected chi connectivity index (χ4v) is 3.31. The van der Waals surface area contributed by atoms with Crippen LogP contribution < -0.4 is 0 Å². The molecule has 2 rings (SSSR count). The van der Waals surface area contributed by atoms with E-state index in [1.807, 2.05) is 31.2 Å². The first-order chi connectivity index (χ1) is 12.4. The molecule has 1 aromatic carbocycles. The first-order valence-electron chi connectivity index (χ1n) is 9.34. The molecule has 0 heterocycles. The minimum Gasteiger partial charge on any atom is -0.435 e. The number of aliphatic hydroxyl groups excluding tert-OH is 2. The molecule has 1 aliphatic rings. The van der Waals surface area contributed by atoms with Crippen molar-refractivity contribution in [2.45, 2.75) is 71.1 Å². The van der Waals surface area contributed by atoms with Gasteiger partial charge < -0.3 is 24.4 Å². The zero-order chi connectivity index (χ0) is 19.1. The van der Waals surface area contributed by atoms with Gasteiger partial charge in [-0.2, -0.15) is 0 Å². The molecule has 0 bridgehead atoms. The van der Waals surface area contributed by atoms with E-state index in [0.29, 0.717) is 5.92 Å². The third-order valence-electron chi connectivity index (χ3n) is 4.91. The van der Waals surface area contributed by atoms with E-state index in [0.717, 1.165) is 31.2 Å². The highest BCUT2D eigenvalue weighted by atomic mass is 16.8. The summed E-state index contributed by atoms with van der Waals surface area (Å²) in [6.07, 6.45) is 0.912. The Labute approximate surface area is 155 Å². The van der Waals surface area contributed by atoms with Crippen LogP contribution in [-0.4, -0.2) is 41.7 Å². The molecule has 0 spiro atoms. The van der Waals surface area contributed by atoms with Gasteiger partial charge in [0, 0.05) is 5.92 Å². The number of aliphatic hydroxyl groups is 2. The smallest absolute Gasteiger partial charge is 0.435 e. The Balaban J connectivity index is 1.85. The average Bonchev–Trinajstić information content (AvgIpc) is 2.99. The Morgan fingerprint density at radius 3 is 2.50 bits per heavy atom. The van der Waals surface area contributed by atoms with Crippen LogP contribution >= 0.6 is 0 Å². The molecule has 0 amide bonds. The molecule has 1 saturated carbocycles. The van der Waals surface area contributed by atoms with E-state index in [9.17, 15) is 15.0 Å². The highest BCUT2D eigenvalue weighted by Crippen LogP contribution is 2.29. The lowest BCUT2D eigenvalue weighted by molar-refractivity contribution is -0.212. The van der Waals surface area contributed by atoms with Crippen LogP contribution in [-0.2, 0) is 20.6 Å². The van der Waals surface area contributed by atoms with E-state index < -0.39 is 18.7 Å². The fourth-order valence-electron chi connectivity index (χ4n) is 3.31. The normalized spacial score (nSPS) is 23.3. The Kier molecular flexibility index (Phi) is 7.87. The van der Waals surface area contributed by atoms with Crippen LogP contribution in [0.5, 0.6) is 0 Å². The topological polar surface area (TPSA) is 85.2 Å². The summed E-state index contributed by atoms with van der Waals surface area (Å²) in [5.74, 6) is 0.0578. The van der Waals surface area contributed by atoms with Gasteiger partial charge in [0.1, 0.15) is 0 Å². The summed E-state index contributed by atoms with van der Waals surface area (Å²) in [4.78, 5) is 11.3. The van der Waals surface area contributed by atoms with Gasteiger partial charge >= 0.3 is 6.16 Å². The predicted octanol–water partition coefficient (Wildman–Crippen LogP) is 3.35. The molecule has 6 nitrogen and oxygen atoms in total. The van der Waals surface area contributed by atoms with Crippen LogP contribution in [0.4, 0.5) is 4.79 Å². The van der Waals surface area contributed by atoms with E-state index in [-0.39, 0.29) is 18.6 Å². The van der Waals surface area contributed by atoms with Gasteiger partial charge in [-0.05, 0) is 50.2 Å². The van der Waals surface area contributed by atoms with Crippen molar-refractivity contribution in [3.05, 3.63) is 35.4 Å². The number of carbonyl (C=O) groups excluding carboxylic acids is 1. The summed E-state index contributed by atoms with van der Waals surface area (Å²) in [5, 5.41) is 20.2. The highest BCUT2D eigenvalue weighted by Gasteiger charge is 2.25. The number of ether oxygens (including phenoxy) is 3. The van der Waals surface area contributed by atoms with Crippen LogP contribution in [0.3, 0.4) is 0 Å². The van der Waals surface area contributed by atoms with Crippen molar-refractivity contribution in [3.63, 3.8) is 0 Å². The molecule has 5 atom stereocenters. The average molecular weight is 366 g/mol. The molecule has 1 aromatic rings. The number of benzene rings is 1. The van der Waals surface area contributed by atoms with Gasteiger partial charge in [-0.25, -0.2) is 4.79 Å². The van der Waals surface area contributed by atoms with Crippen molar-refractivity contribution >= 4 is 6.16 Å². The first kappa shape index (κ1) is 20.7. The maximum absolute atomic E-state index is 11.3. The number of hydrogen-bond donors (Lipinski definition) is 2. The fraction of sp³-hybridized carbons (Fsp3) is 0.650. The zero-order valence-corrected chi connectivity index (χ0v) is 15.8. The Morgan fingerprint density at radius 2 is 1.92 bits per heavy atom. The van der Waals surface area contributed by atoms with E-state index in [1.54, 1.807) is 6.92 Å². The van der Waals surface area contributed by atoms with Crippen molar-refractivity contribution < 1.29 is 29.2 Å². The van der Waals surface area contributed by atoms with Crippen molar-refractivity contribution in [3.8, 4) is 0 Å². The SMILES string of the molecule is CCOC(=O)OC(C)OC(O)[C@@H](C)c1ccc(C[C@H]2CCC[C@@H]2O)cc1. The van der Waals surface area contributed by atoms with Gasteiger partial charge in [0.15, 0.2) is 6.29 Å². The monoisotopic (exact) mass is 366 g/mol. The molecule has 1 aliphatic carbocycles. The van der Waals surface area contributed by atoms with Crippen LogP contribution in [0.1, 0.15) is 57.1 Å². The lowest BCUT2D eigenvalue weighted by Gasteiger charge is -2.23. The molecule has 0 radical (unpaired) electrons. The summed E-state index contributed by atoms with van der Waals surface area (Å²) in [6.45, 7) is 5.27.